The summed E-state index contributed by atoms with van der Waals surface area (Å²) in [4.78, 5) is 2.34. The second-order valence-electron chi connectivity index (χ2n) is 14.3. The molecule has 0 amide bonds. The largest absolute Gasteiger partial charge is 0.458 e. The number of benzene rings is 8. The molecule has 3 heterocycles. The Bertz CT molecular complexity index is 2860. The first-order valence-corrected chi connectivity index (χ1v) is 18.2. The van der Waals surface area contributed by atoms with Crippen LogP contribution in [0.5, 0.6) is 23.0 Å². The van der Waals surface area contributed by atoms with Gasteiger partial charge in [-0.15, -0.1) is 0 Å². The molecule has 0 spiro atoms. The van der Waals surface area contributed by atoms with Crippen molar-refractivity contribution in [3.63, 3.8) is 0 Å². The van der Waals surface area contributed by atoms with E-state index in [1.807, 2.05) is 0 Å². The molecule has 0 saturated heterocycles. The molecule has 0 aliphatic carbocycles. The molecule has 11 rings (SSSR count). The maximum absolute atomic E-state index is 7.00. The fourth-order valence-corrected chi connectivity index (χ4v) is 8.47. The minimum Gasteiger partial charge on any atom is -0.458 e. The van der Waals surface area contributed by atoms with Crippen LogP contribution in [0.2, 0.25) is 0 Å². The third kappa shape index (κ3) is 4.57. The first-order valence-electron chi connectivity index (χ1n) is 18.2. The topological polar surface area (TPSA) is 26.6 Å². The Morgan fingerprint density at radius 2 is 1.09 bits per heavy atom. The van der Waals surface area contributed by atoms with Crippen LogP contribution in [0.15, 0.2) is 164 Å². The van der Waals surface area contributed by atoms with Crippen molar-refractivity contribution < 1.29 is 9.47 Å². The van der Waals surface area contributed by atoms with Crippen LogP contribution in [0.25, 0.3) is 38.3 Å². The summed E-state index contributed by atoms with van der Waals surface area (Å²) in [5, 5.41) is 4.58. The predicted octanol–water partition coefficient (Wildman–Crippen LogP) is 10.8. The van der Waals surface area contributed by atoms with E-state index in [9.17, 15) is 0 Å². The lowest BCUT2D eigenvalue weighted by molar-refractivity contribution is 0.467. The molecule has 53 heavy (non-hydrogen) atoms. The number of ether oxygens (including phenoxy) is 2. The fraction of sp³-hybridized carbons (Fsp3) is 0.0417. The van der Waals surface area contributed by atoms with Crippen molar-refractivity contribution >= 4 is 72.7 Å². The Labute approximate surface area is 308 Å². The van der Waals surface area contributed by atoms with E-state index in [4.69, 9.17) is 9.47 Å². The van der Waals surface area contributed by atoms with Crippen LogP contribution in [0.1, 0.15) is 11.1 Å². The Kier molecular flexibility index (Phi) is 6.44. The third-order valence-electron chi connectivity index (χ3n) is 11.0. The van der Waals surface area contributed by atoms with Crippen molar-refractivity contribution in [1.82, 2.24) is 4.57 Å². The summed E-state index contributed by atoms with van der Waals surface area (Å²) in [5.41, 5.74) is 12.4. The van der Waals surface area contributed by atoms with Crippen molar-refractivity contribution in [2.24, 2.45) is 0 Å². The monoisotopic (exact) mass is 680 g/mol. The summed E-state index contributed by atoms with van der Waals surface area (Å²) in [7, 11) is 0. The molecule has 250 valence electrons. The number of aryl methyl sites for hydroxylation is 2. The molecule has 0 radical (unpaired) electrons. The van der Waals surface area contributed by atoms with Crippen molar-refractivity contribution in [1.29, 1.82) is 0 Å². The highest BCUT2D eigenvalue weighted by molar-refractivity contribution is 6.98. The van der Waals surface area contributed by atoms with Crippen molar-refractivity contribution in [3.05, 3.63) is 175 Å². The molecule has 4 nitrogen and oxygen atoms in total. The highest BCUT2D eigenvalue weighted by Gasteiger charge is 2.41. The van der Waals surface area contributed by atoms with Gasteiger partial charge in [0.25, 0.3) is 6.71 Å². The molecule has 0 unspecified atom stereocenters. The zero-order chi connectivity index (χ0) is 35.2. The van der Waals surface area contributed by atoms with Crippen LogP contribution >= 0.6 is 0 Å². The Hall–Kier alpha value is -6.72. The maximum atomic E-state index is 7.00. The highest BCUT2D eigenvalue weighted by Crippen LogP contribution is 2.46. The average Bonchev–Trinajstić information content (AvgIpc) is 3.51. The average molecular weight is 681 g/mol. The first-order chi connectivity index (χ1) is 26.1. The Balaban J connectivity index is 1.19. The molecule has 0 fully saturated rings. The zero-order valence-corrected chi connectivity index (χ0v) is 29.4. The van der Waals surface area contributed by atoms with E-state index in [1.54, 1.807) is 0 Å². The molecule has 0 bridgehead atoms. The van der Waals surface area contributed by atoms with Crippen molar-refractivity contribution in [3.8, 4) is 28.7 Å². The lowest BCUT2D eigenvalue weighted by Crippen LogP contribution is -2.57. The summed E-state index contributed by atoms with van der Waals surface area (Å²) in [6, 6.07) is 58.8. The van der Waals surface area contributed by atoms with E-state index in [-0.39, 0.29) is 6.71 Å². The summed E-state index contributed by atoms with van der Waals surface area (Å²) >= 11 is 0. The predicted molar refractivity (Wildman–Crippen MR) is 220 cm³/mol. The van der Waals surface area contributed by atoms with E-state index in [2.05, 4.69) is 187 Å². The van der Waals surface area contributed by atoms with Gasteiger partial charge in [0, 0.05) is 39.0 Å². The van der Waals surface area contributed by atoms with Crippen LogP contribution in [0.4, 0.5) is 17.1 Å². The van der Waals surface area contributed by atoms with Gasteiger partial charge in [0.2, 0.25) is 0 Å². The lowest BCUT2D eigenvalue weighted by atomic mass is 9.35. The standard InChI is InChI=1S/C48H33BN2O2/c1-30-16-21-35(22-17-30)50(36-23-18-31(2)19-24-36)37-25-20-32-27-38-39-29-45-46-48(47(39)51(34-10-4-3-5-11-34)42(38)28-33(32)26-37)53-44-15-9-7-13-41(44)49(46)40-12-6-8-14-43(40)52-45/h3-29H,1-2H3. The van der Waals surface area contributed by atoms with Crippen LogP contribution in [0.3, 0.4) is 0 Å². The van der Waals surface area contributed by atoms with Gasteiger partial charge < -0.3 is 18.9 Å². The zero-order valence-electron chi connectivity index (χ0n) is 29.4. The number of fused-ring (bicyclic) bond motifs is 9. The van der Waals surface area contributed by atoms with Gasteiger partial charge in [0.15, 0.2) is 5.75 Å². The van der Waals surface area contributed by atoms with Gasteiger partial charge >= 0.3 is 0 Å². The van der Waals surface area contributed by atoms with Crippen LogP contribution in [-0.2, 0) is 0 Å². The van der Waals surface area contributed by atoms with Gasteiger partial charge in [-0.1, -0.05) is 96.1 Å². The normalized spacial score (nSPS) is 12.6. The SMILES string of the molecule is Cc1ccc(N(c2ccc(C)cc2)c2ccc3cc4c5cc6c7c(c5n(-c5ccccc5)c4cc3c2)Oc2ccccc2B7c2ccccc2O6)cc1. The first kappa shape index (κ1) is 30.0. The minimum atomic E-state index is -0.00213. The molecule has 5 heteroatoms. The molecule has 0 atom stereocenters. The number of para-hydroxylation sites is 3. The molecule has 0 saturated carbocycles. The van der Waals surface area contributed by atoms with E-state index in [0.29, 0.717) is 0 Å². The van der Waals surface area contributed by atoms with Gasteiger partial charge in [-0.3, -0.25) is 0 Å². The number of hydrogen-bond donors (Lipinski definition) is 0. The Morgan fingerprint density at radius 3 is 1.77 bits per heavy atom. The Morgan fingerprint density at radius 1 is 0.491 bits per heavy atom. The molecule has 1 aromatic heterocycles. The van der Waals surface area contributed by atoms with Gasteiger partial charge in [0.1, 0.15) is 17.2 Å². The molecule has 9 aromatic rings. The fourth-order valence-electron chi connectivity index (χ4n) is 8.47. The second-order valence-corrected chi connectivity index (χ2v) is 14.3. The number of nitrogens with zero attached hydrogens (tertiary/aromatic N) is 2. The maximum Gasteiger partial charge on any atom is 0.260 e. The van der Waals surface area contributed by atoms with Gasteiger partial charge in [-0.05, 0) is 114 Å². The van der Waals surface area contributed by atoms with Gasteiger partial charge in [-0.2, -0.15) is 0 Å². The molecule has 2 aliphatic rings. The minimum absolute atomic E-state index is 0.00213. The second kappa shape index (κ2) is 11.4. The summed E-state index contributed by atoms with van der Waals surface area (Å²) in [5.74, 6) is 3.47. The van der Waals surface area contributed by atoms with E-state index in [1.165, 1.54) is 16.5 Å². The number of aromatic nitrogens is 1. The summed E-state index contributed by atoms with van der Waals surface area (Å²) in [6.45, 7) is 4.26. The van der Waals surface area contributed by atoms with Crippen LogP contribution in [-0.4, -0.2) is 11.3 Å². The summed E-state index contributed by atoms with van der Waals surface area (Å²) in [6.07, 6.45) is 0. The van der Waals surface area contributed by atoms with Crippen LogP contribution < -0.4 is 30.8 Å². The number of rotatable bonds is 4. The molecule has 8 aromatic carbocycles. The van der Waals surface area contributed by atoms with Crippen molar-refractivity contribution in [2.75, 3.05) is 4.90 Å². The van der Waals surface area contributed by atoms with E-state index < -0.39 is 0 Å². The van der Waals surface area contributed by atoms with E-state index in [0.717, 1.165) is 89.3 Å². The molecule has 2 aliphatic heterocycles. The van der Waals surface area contributed by atoms with Crippen LogP contribution in [0, 0.1) is 13.8 Å². The smallest absolute Gasteiger partial charge is 0.260 e. The molecule has 0 N–H and O–H groups in total. The molecular formula is C48H33BN2O2. The van der Waals surface area contributed by atoms with Gasteiger partial charge in [-0.25, -0.2) is 0 Å². The number of anilines is 3. The quantitative estimate of drug-likeness (QED) is 0.173. The summed E-state index contributed by atoms with van der Waals surface area (Å²) < 4.78 is 16.1. The highest BCUT2D eigenvalue weighted by atomic mass is 16.5. The lowest BCUT2D eigenvalue weighted by Gasteiger charge is -2.33. The molecular weight excluding hydrogens is 647 g/mol. The van der Waals surface area contributed by atoms with Gasteiger partial charge in [0.05, 0.1) is 11.0 Å². The third-order valence-corrected chi connectivity index (χ3v) is 11.0. The number of hydrogen-bond acceptors (Lipinski definition) is 3. The van der Waals surface area contributed by atoms with Crippen molar-refractivity contribution in [2.45, 2.75) is 13.8 Å². The van der Waals surface area contributed by atoms with E-state index >= 15 is 0 Å².